The van der Waals surface area contributed by atoms with Crippen molar-refractivity contribution in [2.75, 3.05) is 6.54 Å². The number of amidine groups is 1. The second kappa shape index (κ2) is 5.60. The molecule has 0 aliphatic carbocycles. The highest BCUT2D eigenvalue weighted by Gasteiger charge is 2.28. The minimum atomic E-state index is -0.503. The molecule has 4 N–H and O–H groups in total. The second-order valence-electron chi connectivity index (χ2n) is 4.59. The molecule has 0 saturated carbocycles. The lowest BCUT2D eigenvalue weighted by molar-refractivity contribution is -0.127. The second-order valence-corrected chi connectivity index (χ2v) is 4.59. The Labute approximate surface area is 111 Å². The quantitative estimate of drug-likeness (QED) is 0.319. The molecule has 6 heteroatoms. The van der Waals surface area contributed by atoms with Gasteiger partial charge in [0, 0.05) is 18.9 Å². The van der Waals surface area contributed by atoms with Crippen LogP contribution in [0.3, 0.4) is 0 Å². The number of hydrogen-bond acceptors (Lipinski definition) is 4. The summed E-state index contributed by atoms with van der Waals surface area (Å²) in [5.74, 6) is 0.439. The number of nitrogens with one attached hydrogen (secondary N) is 1. The van der Waals surface area contributed by atoms with E-state index >= 15 is 0 Å². The van der Waals surface area contributed by atoms with E-state index in [9.17, 15) is 4.79 Å². The number of nitrogens with two attached hydrogens (primary N) is 1. The molecule has 6 nitrogen and oxygen atoms in total. The van der Waals surface area contributed by atoms with E-state index in [0.29, 0.717) is 13.0 Å². The molecule has 0 saturated heterocycles. The minimum Gasteiger partial charge on any atom is -0.480 e. The van der Waals surface area contributed by atoms with Gasteiger partial charge in [0.05, 0.1) is 0 Å². The van der Waals surface area contributed by atoms with Crippen LogP contribution in [-0.2, 0) is 11.2 Å². The van der Waals surface area contributed by atoms with Crippen molar-refractivity contribution < 1.29 is 14.7 Å². The first-order chi connectivity index (χ1) is 9.11. The Kier molecular flexibility index (Phi) is 3.89. The highest BCUT2D eigenvalue weighted by Crippen LogP contribution is 2.28. The number of hydrogen-bond donors (Lipinski definition) is 3. The van der Waals surface area contributed by atoms with E-state index < -0.39 is 6.10 Å². The summed E-state index contributed by atoms with van der Waals surface area (Å²) in [7, 11) is 0. The maximum atomic E-state index is 11.9. The van der Waals surface area contributed by atoms with Crippen molar-refractivity contribution in [3.05, 3.63) is 29.8 Å². The summed E-state index contributed by atoms with van der Waals surface area (Å²) >= 11 is 0. The number of ether oxygens (including phenoxy) is 1. The van der Waals surface area contributed by atoms with Gasteiger partial charge in [-0.05, 0) is 11.6 Å². The molecule has 2 unspecified atom stereocenters. The molecule has 0 aromatic heterocycles. The van der Waals surface area contributed by atoms with E-state index in [-0.39, 0.29) is 17.7 Å². The van der Waals surface area contributed by atoms with Gasteiger partial charge in [0.1, 0.15) is 11.6 Å². The van der Waals surface area contributed by atoms with Crippen LogP contribution in [0.1, 0.15) is 12.5 Å². The van der Waals surface area contributed by atoms with Crippen molar-refractivity contribution in [3.8, 4) is 5.75 Å². The van der Waals surface area contributed by atoms with E-state index in [0.717, 1.165) is 11.3 Å². The maximum Gasteiger partial charge on any atom is 0.261 e. The fraction of sp³-hybridized carbons (Fsp3) is 0.385. The summed E-state index contributed by atoms with van der Waals surface area (Å²) in [5, 5.41) is 14.2. The summed E-state index contributed by atoms with van der Waals surface area (Å²) in [6, 6.07) is 7.59. The van der Waals surface area contributed by atoms with Crippen LogP contribution in [0.5, 0.6) is 5.75 Å². The standard InChI is InChI=1S/C13H17N3O3/c1-8(12(14)16-18)7-15-13(17)11-6-9-4-2-3-5-10(9)19-11/h2-5,8,11,18H,6-7H2,1H3,(H2,14,16)(H,15,17). The largest absolute Gasteiger partial charge is 0.480 e. The third kappa shape index (κ3) is 2.96. The number of oxime groups is 1. The van der Waals surface area contributed by atoms with E-state index in [1.165, 1.54) is 0 Å². The number of carbonyl (C=O) groups excluding carboxylic acids is 1. The van der Waals surface area contributed by atoms with Gasteiger partial charge in [0.25, 0.3) is 5.91 Å². The smallest absolute Gasteiger partial charge is 0.261 e. The van der Waals surface area contributed by atoms with Gasteiger partial charge in [-0.3, -0.25) is 4.79 Å². The first-order valence-electron chi connectivity index (χ1n) is 6.11. The number of nitrogens with zero attached hydrogens (tertiary/aromatic N) is 1. The van der Waals surface area contributed by atoms with Gasteiger partial charge in [0.15, 0.2) is 6.10 Å². The predicted molar refractivity (Wildman–Crippen MR) is 70.1 cm³/mol. The molecular weight excluding hydrogens is 246 g/mol. The van der Waals surface area contributed by atoms with E-state index in [1.807, 2.05) is 24.3 Å². The van der Waals surface area contributed by atoms with Gasteiger partial charge in [0.2, 0.25) is 0 Å². The van der Waals surface area contributed by atoms with Crippen molar-refractivity contribution in [1.82, 2.24) is 5.32 Å². The number of amides is 1. The van der Waals surface area contributed by atoms with Crippen LogP contribution in [0.15, 0.2) is 29.4 Å². The zero-order valence-corrected chi connectivity index (χ0v) is 10.7. The maximum absolute atomic E-state index is 11.9. The lowest BCUT2D eigenvalue weighted by Gasteiger charge is -2.14. The lowest BCUT2D eigenvalue weighted by Crippen LogP contribution is -2.41. The van der Waals surface area contributed by atoms with Gasteiger partial charge in [-0.1, -0.05) is 30.3 Å². The molecule has 0 fully saturated rings. The Morgan fingerprint density at radius 2 is 2.37 bits per heavy atom. The summed E-state index contributed by atoms with van der Waals surface area (Å²) in [4.78, 5) is 11.9. The Hall–Kier alpha value is -2.24. The molecule has 1 aromatic rings. The third-order valence-corrected chi connectivity index (χ3v) is 3.14. The van der Waals surface area contributed by atoms with E-state index in [4.69, 9.17) is 15.7 Å². The fourth-order valence-electron chi connectivity index (χ4n) is 1.90. The van der Waals surface area contributed by atoms with Gasteiger partial charge < -0.3 is 21.0 Å². The predicted octanol–water partition coefficient (Wildman–Crippen LogP) is 0.489. The minimum absolute atomic E-state index is 0.0935. The Morgan fingerprint density at radius 3 is 3.05 bits per heavy atom. The monoisotopic (exact) mass is 263 g/mol. The SMILES string of the molecule is CC(CNC(=O)C1Cc2ccccc2O1)C(N)=NO. The van der Waals surface area contributed by atoms with Crippen molar-refractivity contribution in [2.24, 2.45) is 16.8 Å². The number of para-hydroxylation sites is 1. The Bertz CT molecular complexity index is 477. The van der Waals surface area contributed by atoms with E-state index in [2.05, 4.69) is 10.5 Å². The third-order valence-electron chi connectivity index (χ3n) is 3.14. The van der Waals surface area contributed by atoms with Crippen LogP contribution < -0.4 is 15.8 Å². The molecule has 0 spiro atoms. The molecule has 1 aliphatic rings. The van der Waals surface area contributed by atoms with Crippen LogP contribution in [-0.4, -0.2) is 29.6 Å². The lowest BCUT2D eigenvalue weighted by atomic mass is 10.1. The van der Waals surface area contributed by atoms with Crippen molar-refractivity contribution in [2.45, 2.75) is 19.4 Å². The zero-order chi connectivity index (χ0) is 13.8. The molecule has 1 amide bonds. The molecule has 2 atom stereocenters. The number of carbonyl (C=O) groups is 1. The Morgan fingerprint density at radius 1 is 1.63 bits per heavy atom. The number of fused-ring (bicyclic) bond motifs is 1. The number of rotatable bonds is 4. The Balaban J connectivity index is 1.87. The summed E-state index contributed by atoms with van der Waals surface area (Å²) < 4.78 is 5.56. The van der Waals surface area contributed by atoms with Gasteiger partial charge >= 0.3 is 0 Å². The summed E-state index contributed by atoms with van der Waals surface area (Å²) in [6.45, 7) is 2.07. The topological polar surface area (TPSA) is 96.9 Å². The molecule has 0 bridgehead atoms. The first kappa shape index (κ1) is 13.2. The molecule has 19 heavy (non-hydrogen) atoms. The normalized spacial score (nSPS) is 19.4. The molecule has 1 aliphatic heterocycles. The van der Waals surface area contributed by atoms with Crippen LogP contribution in [0.2, 0.25) is 0 Å². The summed E-state index contributed by atoms with van der Waals surface area (Å²) in [6.07, 6.45) is 0.0665. The molecular formula is C13H17N3O3. The van der Waals surface area contributed by atoms with Gasteiger partial charge in [-0.15, -0.1) is 0 Å². The summed E-state index contributed by atoms with van der Waals surface area (Å²) in [5.41, 5.74) is 6.48. The number of benzene rings is 1. The average Bonchev–Trinajstić information content (AvgIpc) is 2.87. The van der Waals surface area contributed by atoms with Crippen LogP contribution in [0.25, 0.3) is 0 Å². The molecule has 2 rings (SSSR count). The highest BCUT2D eigenvalue weighted by atomic mass is 16.5. The highest BCUT2D eigenvalue weighted by molar-refractivity contribution is 5.85. The van der Waals surface area contributed by atoms with Crippen LogP contribution >= 0.6 is 0 Å². The van der Waals surface area contributed by atoms with Crippen molar-refractivity contribution in [3.63, 3.8) is 0 Å². The van der Waals surface area contributed by atoms with Crippen LogP contribution in [0.4, 0.5) is 0 Å². The van der Waals surface area contributed by atoms with Crippen LogP contribution in [0, 0.1) is 5.92 Å². The fourth-order valence-corrected chi connectivity index (χ4v) is 1.90. The first-order valence-corrected chi connectivity index (χ1v) is 6.11. The molecule has 102 valence electrons. The van der Waals surface area contributed by atoms with Crippen molar-refractivity contribution in [1.29, 1.82) is 0 Å². The zero-order valence-electron chi connectivity index (χ0n) is 10.7. The van der Waals surface area contributed by atoms with E-state index in [1.54, 1.807) is 6.92 Å². The average molecular weight is 263 g/mol. The van der Waals surface area contributed by atoms with Crippen molar-refractivity contribution >= 4 is 11.7 Å². The van der Waals surface area contributed by atoms with Gasteiger partial charge in [-0.25, -0.2) is 0 Å². The molecule has 0 radical (unpaired) electrons. The molecule has 1 aromatic carbocycles. The van der Waals surface area contributed by atoms with Gasteiger partial charge in [-0.2, -0.15) is 0 Å². The molecule has 1 heterocycles.